The summed E-state index contributed by atoms with van der Waals surface area (Å²) in [5.41, 5.74) is -0.346. The van der Waals surface area contributed by atoms with E-state index in [1.165, 1.54) is 11.3 Å². The minimum atomic E-state index is -0.346. The molecule has 2 aromatic heterocycles. The normalized spacial score (nSPS) is 11.9. The van der Waals surface area contributed by atoms with Crippen LogP contribution in [0.25, 0.3) is 4.96 Å². The molecule has 0 aliphatic rings. The highest BCUT2D eigenvalue weighted by molar-refractivity contribution is 7.16. The van der Waals surface area contributed by atoms with E-state index in [4.69, 9.17) is 0 Å². The Bertz CT molecular complexity index is 496. The number of rotatable bonds is 3. The molecule has 0 saturated carbocycles. The van der Waals surface area contributed by atoms with Crippen molar-refractivity contribution in [1.82, 2.24) is 25.1 Å². The number of aromatic nitrogens is 4. The fourth-order valence-electron chi connectivity index (χ4n) is 1.25. The van der Waals surface area contributed by atoms with E-state index in [0.717, 1.165) is 16.4 Å². The number of hydrogen-bond donors (Lipinski definition) is 1. The Kier molecular flexibility index (Phi) is 3.10. The summed E-state index contributed by atoms with van der Waals surface area (Å²) in [6.07, 6.45) is 2.29. The Balaban J connectivity index is 1.87. The first-order valence-corrected chi connectivity index (χ1v) is 6.22. The average molecular weight is 253 g/mol. The van der Waals surface area contributed by atoms with Gasteiger partial charge in [-0.2, -0.15) is 9.61 Å². The van der Waals surface area contributed by atoms with Gasteiger partial charge < -0.3 is 5.32 Å². The standard InChI is InChI=1S/C10H15N5OS/c1-10(2,3)8(16)11-5-4-7-14-15-6-12-13-9(15)17-7/h6H,4-5H2,1-3H3,(H,11,16). The summed E-state index contributed by atoms with van der Waals surface area (Å²) in [4.78, 5) is 12.4. The van der Waals surface area contributed by atoms with Gasteiger partial charge in [-0.05, 0) is 0 Å². The third-order valence-electron chi connectivity index (χ3n) is 2.23. The van der Waals surface area contributed by atoms with Crippen LogP contribution in [0.5, 0.6) is 0 Å². The van der Waals surface area contributed by atoms with E-state index < -0.39 is 0 Å². The zero-order valence-corrected chi connectivity index (χ0v) is 10.9. The summed E-state index contributed by atoms with van der Waals surface area (Å²) >= 11 is 1.49. The van der Waals surface area contributed by atoms with E-state index in [1.807, 2.05) is 20.8 Å². The van der Waals surface area contributed by atoms with Crippen LogP contribution in [0, 0.1) is 5.41 Å². The van der Waals surface area contributed by atoms with E-state index >= 15 is 0 Å². The zero-order chi connectivity index (χ0) is 12.5. The molecule has 0 saturated heterocycles. The molecule has 0 unspecified atom stereocenters. The summed E-state index contributed by atoms with van der Waals surface area (Å²) in [6.45, 7) is 6.28. The van der Waals surface area contributed by atoms with Crippen molar-refractivity contribution in [2.45, 2.75) is 27.2 Å². The summed E-state index contributed by atoms with van der Waals surface area (Å²) < 4.78 is 1.64. The third-order valence-corrected chi connectivity index (χ3v) is 3.21. The number of fused-ring (bicyclic) bond motifs is 1. The van der Waals surface area contributed by atoms with Crippen LogP contribution in [-0.2, 0) is 11.2 Å². The van der Waals surface area contributed by atoms with E-state index in [2.05, 4.69) is 20.6 Å². The van der Waals surface area contributed by atoms with Gasteiger partial charge in [0.1, 0.15) is 11.3 Å². The lowest BCUT2D eigenvalue weighted by atomic mass is 9.96. The second-order valence-electron chi connectivity index (χ2n) is 4.81. The van der Waals surface area contributed by atoms with Crippen molar-refractivity contribution in [3.8, 4) is 0 Å². The zero-order valence-electron chi connectivity index (χ0n) is 10.1. The largest absolute Gasteiger partial charge is 0.355 e. The molecule has 0 aliphatic carbocycles. The molecule has 0 fully saturated rings. The second-order valence-corrected chi connectivity index (χ2v) is 5.85. The molecule has 0 aromatic carbocycles. The quantitative estimate of drug-likeness (QED) is 0.881. The van der Waals surface area contributed by atoms with Crippen LogP contribution in [0.2, 0.25) is 0 Å². The van der Waals surface area contributed by atoms with Crippen molar-refractivity contribution >= 4 is 22.2 Å². The Morgan fingerprint density at radius 2 is 2.29 bits per heavy atom. The summed E-state index contributed by atoms with van der Waals surface area (Å²) in [6, 6.07) is 0. The molecule has 0 spiro atoms. The van der Waals surface area contributed by atoms with Gasteiger partial charge in [0.15, 0.2) is 0 Å². The lowest BCUT2D eigenvalue weighted by Gasteiger charge is -2.17. The summed E-state index contributed by atoms with van der Waals surface area (Å²) in [7, 11) is 0. The topological polar surface area (TPSA) is 72.2 Å². The smallest absolute Gasteiger partial charge is 0.234 e. The number of nitrogens with one attached hydrogen (secondary N) is 1. The second kappa shape index (κ2) is 4.40. The predicted molar refractivity (Wildman–Crippen MR) is 64.8 cm³/mol. The molecular formula is C10H15N5OS. The van der Waals surface area contributed by atoms with E-state index in [1.54, 1.807) is 10.8 Å². The molecular weight excluding hydrogens is 238 g/mol. The van der Waals surface area contributed by atoms with E-state index in [-0.39, 0.29) is 11.3 Å². The molecule has 1 N–H and O–H groups in total. The number of nitrogens with zero attached hydrogens (tertiary/aromatic N) is 4. The Morgan fingerprint density at radius 3 is 2.94 bits per heavy atom. The number of carbonyl (C=O) groups excluding carboxylic acids is 1. The van der Waals surface area contributed by atoms with Crippen molar-refractivity contribution in [2.24, 2.45) is 5.41 Å². The van der Waals surface area contributed by atoms with Crippen molar-refractivity contribution in [3.05, 3.63) is 11.3 Å². The fourth-order valence-corrected chi connectivity index (χ4v) is 2.06. The van der Waals surface area contributed by atoms with Gasteiger partial charge in [0.25, 0.3) is 0 Å². The number of amides is 1. The van der Waals surface area contributed by atoms with Crippen LogP contribution in [0.4, 0.5) is 0 Å². The Morgan fingerprint density at radius 1 is 1.53 bits per heavy atom. The molecule has 2 rings (SSSR count). The first-order valence-electron chi connectivity index (χ1n) is 5.41. The number of hydrogen-bond acceptors (Lipinski definition) is 5. The molecule has 7 heteroatoms. The Labute approximate surface area is 103 Å². The highest BCUT2D eigenvalue weighted by Gasteiger charge is 2.20. The van der Waals surface area contributed by atoms with Gasteiger partial charge in [0.05, 0.1) is 0 Å². The number of carbonyl (C=O) groups is 1. The predicted octanol–water partition coefficient (Wildman–Crippen LogP) is 0.891. The lowest BCUT2D eigenvalue weighted by Crippen LogP contribution is -2.35. The van der Waals surface area contributed by atoms with Gasteiger partial charge in [-0.3, -0.25) is 4.79 Å². The molecule has 92 valence electrons. The molecule has 0 atom stereocenters. The van der Waals surface area contributed by atoms with Crippen LogP contribution in [-0.4, -0.2) is 32.3 Å². The molecule has 6 nitrogen and oxygen atoms in total. The van der Waals surface area contributed by atoms with Crippen LogP contribution in [0.15, 0.2) is 6.33 Å². The summed E-state index contributed by atoms with van der Waals surface area (Å²) in [5, 5.41) is 15.8. The van der Waals surface area contributed by atoms with Gasteiger partial charge in [-0.25, -0.2) is 0 Å². The van der Waals surface area contributed by atoms with E-state index in [0.29, 0.717) is 6.54 Å². The molecule has 0 radical (unpaired) electrons. The van der Waals surface area contributed by atoms with Crippen LogP contribution in [0.3, 0.4) is 0 Å². The fraction of sp³-hybridized carbons (Fsp3) is 0.600. The minimum Gasteiger partial charge on any atom is -0.355 e. The van der Waals surface area contributed by atoms with Crippen molar-refractivity contribution in [1.29, 1.82) is 0 Å². The monoisotopic (exact) mass is 253 g/mol. The van der Waals surface area contributed by atoms with Gasteiger partial charge in [0.2, 0.25) is 10.9 Å². The van der Waals surface area contributed by atoms with Crippen LogP contribution < -0.4 is 5.32 Å². The molecule has 17 heavy (non-hydrogen) atoms. The summed E-state index contributed by atoms with van der Waals surface area (Å²) in [5.74, 6) is 0.0560. The van der Waals surface area contributed by atoms with Gasteiger partial charge in [-0.15, -0.1) is 10.2 Å². The van der Waals surface area contributed by atoms with Crippen molar-refractivity contribution < 1.29 is 4.79 Å². The van der Waals surface area contributed by atoms with Gasteiger partial charge in [0, 0.05) is 18.4 Å². The lowest BCUT2D eigenvalue weighted by molar-refractivity contribution is -0.128. The molecule has 0 bridgehead atoms. The maximum atomic E-state index is 11.6. The van der Waals surface area contributed by atoms with Gasteiger partial charge >= 0.3 is 0 Å². The maximum Gasteiger partial charge on any atom is 0.234 e. The first-order chi connectivity index (χ1) is 7.97. The van der Waals surface area contributed by atoms with Crippen molar-refractivity contribution in [2.75, 3.05) is 6.54 Å². The highest BCUT2D eigenvalue weighted by atomic mass is 32.1. The first kappa shape index (κ1) is 12.0. The van der Waals surface area contributed by atoms with E-state index in [9.17, 15) is 4.79 Å². The molecule has 1 amide bonds. The molecule has 2 aromatic rings. The SMILES string of the molecule is CC(C)(C)C(=O)NCCc1nn2cnnc2s1. The average Bonchev–Trinajstić information content (AvgIpc) is 2.75. The maximum absolute atomic E-state index is 11.6. The van der Waals surface area contributed by atoms with Gasteiger partial charge in [-0.1, -0.05) is 32.1 Å². The Hall–Kier alpha value is -1.50. The third kappa shape index (κ3) is 2.79. The van der Waals surface area contributed by atoms with Crippen molar-refractivity contribution in [3.63, 3.8) is 0 Å². The van der Waals surface area contributed by atoms with Crippen LogP contribution in [0.1, 0.15) is 25.8 Å². The highest BCUT2D eigenvalue weighted by Crippen LogP contribution is 2.13. The minimum absolute atomic E-state index is 0.0560. The molecule has 2 heterocycles. The van der Waals surface area contributed by atoms with Crippen LogP contribution >= 0.6 is 11.3 Å². The molecule has 0 aliphatic heterocycles.